The van der Waals surface area contributed by atoms with E-state index < -0.39 is 0 Å². The lowest BCUT2D eigenvalue weighted by Gasteiger charge is -2.09. The number of methoxy groups -OCH3 is 1. The predicted octanol–water partition coefficient (Wildman–Crippen LogP) is 3.46. The molecule has 0 aliphatic rings. The molecule has 1 rings (SSSR count). The Labute approximate surface area is 107 Å². The van der Waals surface area contributed by atoms with E-state index in [0.29, 0.717) is 0 Å². The Bertz CT molecular complexity index is 318. The van der Waals surface area contributed by atoms with Crippen LogP contribution in [0.5, 0.6) is 5.75 Å². The van der Waals surface area contributed by atoms with E-state index >= 15 is 0 Å². The number of halogens is 2. The van der Waals surface area contributed by atoms with Crippen LogP contribution in [0.3, 0.4) is 0 Å². The van der Waals surface area contributed by atoms with Gasteiger partial charge >= 0.3 is 0 Å². The van der Waals surface area contributed by atoms with Crippen molar-refractivity contribution in [1.29, 1.82) is 0 Å². The number of rotatable bonds is 7. The summed E-state index contributed by atoms with van der Waals surface area (Å²) >= 11 is 11.5. The first-order valence-electron chi connectivity index (χ1n) is 5.37. The average molecular weight is 262 g/mol. The summed E-state index contributed by atoms with van der Waals surface area (Å²) in [4.78, 5) is 0. The molecular formula is C12H17Cl2NO. The highest BCUT2D eigenvalue weighted by Crippen LogP contribution is 2.22. The smallest absolute Gasteiger partial charge is 0.123 e. The van der Waals surface area contributed by atoms with Gasteiger partial charge in [0, 0.05) is 23.0 Å². The van der Waals surface area contributed by atoms with E-state index in [-0.39, 0.29) is 0 Å². The highest BCUT2D eigenvalue weighted by atomic mass is 35.5. The highest BCUT2D eigenvalue weighted by Gasteiger charge is 2.02. The Morgan fingerprint density at radius 1 is 1.31 bits per heavy atom. The molecule has 0 aliphatic heterocycles. The van der Waals surface area contributed by atoms with Crippen molar-refractivity contribution < 1.29 is 4.74 Å². The zero-order valence-electron chi connectivity index (χ0n) is 9.43. The summed E-state index contributed by atoms with van der Waals surface area (Å²) in [7, 11) is 1.67. The van der Waals surface area contributed by atoms with Crippen molar-refractivity contribution in [3.8, 4) is 5.75 Å². The van der Waals surface area contributed by atoms with E-state index in [1.807, 2.05) is 18.2 Å². The molecule has 0 saturated carbocycles. The van der Waals surface area contributed by atoms with Crippen molar-refractivity contribution >= 4 is 23.2 Å². The number of alkyl halides is 1. The van der Waals surface area contributed by atoms with Crippen LogP contribution < -0.4 is 10.1 Å². The molecular weight excluding hydrogens is 245 g/mol. The van der Waals surface area contributed by atoms with Gasteiger partial charge in [0.15, 0.2) is 0 Å². The lowest BCUT2D eigenvalue weighted by atomic mass is 10.2. The van der Waals surface area contributed by atoms with E-state index in [2.05, 4.69) is 5.32 Å². The molecule has 1 aromatic rings. The molecule has 0 amide bonds. The van der Waals surface area contributed by atoms with Crippen molar-refractivity contribution in [3.63, 3.8) is 0 Å². The fraction of sp³-hybridized carbons (Fsp3) is 0.500. The Morgan fingerprint density at radius 2 is 2.12 bits per heavy atom. The molecule has 0 atom stereocenters. The molecule has 0 bridgehead atoms. The van der Waals surface area contributed by atoms with Gasteiger partial charge in [-0.1, -0.05) is 11.6 Å². The minimum atomic E-state index is 0.724. The van der Waals surface area contributed by atoms with Crippen LogP contribution in [0, 0.1) is 0 Å². The van der Waals surface area contributed by atoms with E-state index in [4.69, 9.17) is 27.9 Å². The van der Waals surface area contributed by atoms with E-state index in [1.165, 1.54) is 0 Å². The molecule has 0 spiro atoms. The summed E-state index contributed by atoms with van der Waals surface area (Å²) in [5.41, 5.74) is 1.08. The van der Waals surface area contributed by atoms with Crippen LogP contribution in [0.25, 0.3) is 0 Å². The van der Waals surface area contributed by atoms with Gasteiger partial charge in [-0.3, -0.25) is 0 Å². The third kappa shape index (κ3) is 4.60. The number of hydrogen-bond acceptors (Lipinski definition) is 2. The first kappa shape index (κ1) is 13.6. The van der Waals surface area contributed by atoms with Gasteiger partial charge in [0.2, 0.25) is 0 Å². The van der Waals surface area contributed by atoms with Gasteiger partial charge in [0.25, 0.3) is 0 Å². The number of hydrogen-bond donors (Lipinski definition) is 1. The highest BCUT2D eigenvalue weighted by molar-refractivity contribution is 6.30. The van der Waals surface area contributed by atoms with Crippen LogP contribution >= 0.6 is 23.2 Å². The third-order valence-electron chi connectivity index (χ3n) is 2.30. The van der Waals surface area contributed by atoms with Gasteiger partial charge in [-0.15, -0.1) is 11.6 Å². The zero-order chi connectivity index (χ0) is 11.8. The maximum absolute atomic E-state index is 5.94. The Kier molecular flexibility index (Phi) is 6.62. The summed E-state index contributed by atoms with van der Waals surface area (Å²) < 4.78 is 5.26. The van der Waals surface area contributed by atoms with Crippen LogP contribution in [0.2, 0.25) is 5.02 Å². The van der Waals surface area contributed by atoms with Gasteiger partial charge in [0.1, 0.15) is 5.75 Å². The number of ether oxygens (including phenoxy) is 1. The molecule has 2 nitrogen and oxygen atoms in total. The molecule has 16 heavy (non-hydrogen) atoms. The van der Waals surface area contributed by atoms with Crippen molar-refractivity contribution in [2.75, 3.05) is 19.5 Å². The quantitative estimate of drug-likeness (QED) is 0.600. The van der Waals surface area contributed by atoms with Crippen LogP contribution in [-0.2, 0) is 6.54 Å². The van der Waals surface area contributed by atoms with E-state index in [1.54, 1.807) is 7.11 Å². The van der Waals surface area contributed by atoms with E-state index in [9.17, 15) is 0 Å². The standard InChI is InChI=1S/C12H17Cl2NO/c1-16-12-5-4-11(14)8-10(12)9-15-7-3-2-6-13/h4-5,8,15H,2-3,6-7,9H2,1H3. The maximum atomic E-state index is 5.94. The summed E-state index contributed by atoms with van der Waals surface area (Å²) in [5.74, 6) is 1.59. The Morgan fingerprint density at radius 3 is 2.81 bits per heavy atom. The topological polar surface area (TPSA) is 21.3 Å². The van der Waals surface area contributed by atoms with Crippen molar-refractivity contribution in [2.24, 2.45) is 0 Å². The fourth-order valence-electron chi connectivity index (χ4n) is 1.45. The molecule has 0 heterocycles. The summed E-state index contributed by atoms with van der Waals surface area (Å²) in [6.07, 6.45) is 2.13. The number of nitrogens with one attached hydrogen (secondary N) is 1. The van der Waals surface area contributed by atoms with Crippen LogP contribution in [0.4, 0.5) is 0 Å². The third-order valence-corrected chi connectivity index (χ3v) is 2.80. The molecule has 4 heteroatoms. The van der Waals surface area contributed by atoms with Crippen LogP contribution in [-0.4, -0.2) is 19.5 Å². The normalized spacial score (nSPS) is 10.4. The monoisotopic (exact) mass is 261 g/mol. The molecule has 0 aliphatic carbocycles. The molecule has 0 fully saturated rings. The Hall–Kier alpha value is -0.440. The summed E-state index contributed by atoms with van der Waals surface area (Å²) in [5, 5.41) is 4.08. The average Bonchev–Trinajstić information content (AvgIpc) is 2.29. The lowest BCUT2D eigenvalue weighted by molar-refractivity contribution is 0.407. The van der Waals surface area contributed by atoms with E-state index in [0.717, 1.165) is 48.1 Å². The molecule has 0 saturated heterocycles. The van der Waals surface area contributed by atoms with Crippen molar-refractivity contribution in [1.82, 2.24) is 5.32 Å². The minimum Gasteiger partial charge on any atom is -0.496 e. The van der Waals surface area contributed by atoms with Gasteiger partial charge in [-0.25, -0.2) is 0 Å². The van der Waals surface area contributed by atoms with Gasteiger partial charge < -0.3 is 10.1 Å². The lowest BCUT2D eigenvalue weighted by Crippen LogP contribution is -2.15. The maximum Gasteiger partial charge on any atom is 0.123 e. The molecule has 1 N–H and O–H groups in total. The van der Waals surface area contributed by atoms with Crippen molar-refractivity contribution in [2.45, 2.75) is 19.4 Å². The van der Waals surface area contributed by atoms with Gasteiger partial charge in [0.05, 0.1) is 7.11 Å². The zero-order valence-corrected chi connectivity index (χ0v) is 10.9. The van der Waals surface area contributed by atoms with Crippen LogP contribution in [0.1, 0.15) is 18.4 Å². The SMILES string of the molecule is COc1ccc(Cl)cc1CNCCCCCl. The first-order valence-corrected chi connectivity index (χ1v) is 6.28. The molecule has 1 aromatic carbocycles. The van der Waals surface area contributed by atoms with Crippen molar-refractivity contribution in [3.05, 3.63) is 28.8 Å². The predicted molar refractivity (Wildman–Crippen MR) is 69.7 cm³/mol. The second-order valence-corrected chi connectivity index (χ2v) is 4.34. The second-order valence-electron chi connectivity index (χ2n) is 3.53. The first-order chi connectivity index (χ1) is 7.77. The van der Waals surface area contributed by atoms with Gasteiger partial charge in [-0.05, 0) is 37.6 Å². The molecule has 90 valence electrons. The minimum absolute atomic E-state index is 0.724. The summed E-state index contributed by atoms with van der Waals surface area (Å²) in [6.45, 7) is 1.73. The molecule has 0 radical (unpaired) electrons. The van der Waals surface area contributed by atoms with Crippen LogP contribution in [0.15, 0.2) is 18.2 Å². The molecule has 0 aromatic heterocycles. The summed E-state index contributed by atoms with van der Waals surface area (Å²) in [6, 6.07) is 5.64. The number of unbranched alkanes of at least 4 members (excludes halogenated alkanes) is 1. The fourth-order valence-corrected chi connectivity index (χ4v) is 1.84. The van der Waals surface area contributed by atoms with Gasteiger partial charge in [-0.2, -0.15) is 0 Å². The second kappa shape index (κ2) is 7.77. The number of benzene rings is 1. The largest absolute Gasteiger partial charge is 0.496 e. The molecule has 0 unspecified atom stereocenters. The Balaban J connectivity index is 2.42.